The van der Waals surface area contributed by atoms with Gasteiger partial charge >= 0.3 is 0 Å². The van der Waals surface area contributed by atoms with Gasteiger partial charge in [0.2, 0.25) is 0 Å². The highest BCUT2D eigenvalue weighted by molar-refractivity contribution is 5.62. The molecule has 0 radical (unpaired) electrons. The van der Waals surface area contributed by atoms with Crippen molar-refractivity contribution in [3.63, 3.8) is 0 Å². The standard InChI is InChI=1S/C18H18N4/c19-22(20-16-10-4-1-5-11-16)21(17-12-6-2-7-13-17)18-14-8-3-9-15-18/h1-15,20H,19H2. The first-order valence-electron chi connectivity index (χ1n) is 7.11. The smallest absolute Gasteiger partial charge is 0.0612 e. The van der Waals surface area contributed by atoms with E-state index in [0.29, 0.717) is 0 Å². The second-order valence-electron chi connectivity index (χ2n) is 4.81. The van der Waals surface area contributed by atoms with Crippen molar-refractivity contribution in [2.24, 2.45) is 5.84 Å². The van der Waals surface area contributed by atoms with E-state index in [2.05, 4.69) is 5.43 Å². The first-order chi connectivity index (χ1) is 10.8. The molecule has 0 aliphatic heterocycles. The largest absolute Gasteiger partial charge is 0.287 e. The first-order valence-corrected chi connectivity index (χ1v) is 7.11. The predicted molar refractivity (Wildman–Crippen MR) is 91.1 cm³/mol. The van der Waals surface area contributed by atoms with Gasteiger partial charge in [-0.2, -0.15) is 0 Å². The lowest BCUT2D eigenvalue weighted by Gasteiger charge is -2.33. The summed E-state index contributed by atoms with van der Waals surface area (Å²) in [6, 6.07) is 29.8. The number of nitrogens with zero attached hydrogens (tertiary/aromatic N) is 2. The van der Waals surface area contributed by atoms with Gasteiger partial charge in [0.25, 0.3) is 0 Å². The van der Waals surface area contributed by atoms with Gasteiger partial charge < -0.3 is 0 Å². The van der Waals surface area contributed by atoms with Crippen LogP contribution in [0, 0.1) is 0 Å². The molecule has 22 heavy (non-hydrogen) atoms. The van der Waals surface area contributed by atoms with Crippen LogP contribution in [-0.2, 0) is 0 Å². The van der Waals surface area contributed by atoms with Crippen LogP contribution in [0.25, 0.3) is 0 Å². The van der Waals surface area contributed by atoms with E-state index < -0.39 is 0 Å². The van der Waals surface area contributed by atoms with Crippen molar-refractivity contribution in [2.75, 3.05) is 10.4 Å². The lowest BCUT2D eigenvalue weighted by Crippen LogP contribution is -2.48. The van der Waals surface area contributed by atoms with E-state index >= 15 is 0 Å². The van der Waals surface area contributed by atoms with Gasteiger partial charge in [0.05, 0.1) is 17.1 Å². The third kappa shape index (κ3) is 3.25. The normalized spacial score (nSPS) is 10.5. The van der Waals surface area contributed by atoms with Gasteiger partial charge in [0.15, 0.2) is 0 Å². The Kier molecular flexibility index (Phi) is 4.34. The number of rotatable bonds is 5. The van der Waals surface area contributed by atoms with Crippen LogP contribution in [0.4, 0.5) is 17.1 Å². The van der Waals surface area contributed by atoms with Gasteiger partial charge in [-0.05, 0) is 36.4 Å². The van der Waals surface area contributed by atoms with Gasteiger partial charge in [-0.1, -0.05) is 59.8 Å². The Labute approximate surface area is 130 Å². The molecule has 0 amide bonds. The number of para-hydroxylation sites is 3. The number of benzene rings is 3. The topological polar surface area (TPSA) is 44.5 Å². The molecule has 0 aliphatic carbocycles. The molecule has 0 spiro atoms. The molecule has 4 heteroatoms. The summed E-state index contributed by atoms with van der Waals surface area (Å²) in [5.41, 5.74) is 6.04. The molecule has 0 saturated heterocycles. The van der Waals surface area contributed by atoms with Crippen molar-refractivity contribution in [3.8, 4) is 0 Å². The molecule has 0 heterocycles. The van der Waals surface area contributed by atoms with Crippen LogP contribution >= 0.6 is 0 Å². The molecular weight excluding hydrogens is 272 g/mol. The zero-order valence-electron chi connectivity index (χ0n) is 12.1. The molecule has 0 bridgehead atoms. The average molecular weight is 290 g/mol. The third-order valence-electron chi connectivity index (χ3n) is 3.23. The average Bonchev–Trinajstić information content (AvgIpc) is 2.58. The molecule has 3 aromatic rings. The number of hydrogen-bond donors (Lipinski definition) is 2. The van der Waals surface area contributed by atoms with E-state index in [-0.39, 0.29) is 0 Å². The fourth-order valence-electron chi connectivity index (χ4n) is 2.23. The quantitative estimate of drug-likeness (QED) is 0.552. The van der Waals surface area contributed by atoms with E-state index in [0.717, 1.165) is 17.1 Å². The van der Waals surface area contributed by atoms with Gasteiger partial charge in [-0.3, -0.25) is 5.43 Å². The summed E-state index contributed by atoms with van der Waals surface area (Å²) in [6.07, 6.45) is 0. The Hall–Kier alpha value is -2.82. The summed E-state index contributed by atoms with van der Waals surface area (Å²) in [4.78, 5) is 0. The molecule has 3 aromatic carbocycles. The first kappa shape index (κ1) is 14.1. The number of hydrazine groups is 3. The Balaban J connectivity index is 1.92. The van der Waals surface area contributed by atoms with Crippen molar-refractivity contribution in [3.05, 3.63) is 91.0 Å². The molecule has 0 saturated carbocycles. The zero-order chi connectivity index (χ0) is 15.2. The van der Waals surface area contributed by atoms with Gasteiger partial charge in [-0.15, -0.1) is 0 Å². The lowest BCUT2D eigenvalue weighted by atomic mass is 10.2. The fourth-order valence-corrected chi connectivity index (χ4v) is 2.23. The maximum Gasteiger partial charge on any atom is 0.0612 e. The van der Waals surface area contributed by atoms with E-state index in [9.17, 15) is 0 Å². The summed E-state index contributed by atoms with van der Waals surface area (Å²) in [5.74, 6) is 6.26. The van der Waals surface area contributed by atoms with Gasteiger partial charge in [0, 0.05) is 0 Å². The number of anilines is 3. The van der Waals surface area contributed by atoms with Gasteiger partial charge in [0.1, 0.15) is 0 Å². The van der Waals surface area contributed by atoms with Crippen molar-refractivity contribution in [1.82, 2.24) is 5.23 Å². The van der Waals surface area contributed by atoms with Crippen molar-refractivity contribution < 1.29 is 0 Å². The van der Waals surface area contributed by atoms with E-state index in [1.54, 1.807) is 0 Å². The number of nitrogens with two attached hydrogens (primary N) is 1. The van der Waals surface area contributed by atoms with Crippen LogP contribution in [0.2, 0.25) is 0 Å². The summed E-state index contributed by atoms with van der Waals surface area (Å²) in [6.45, 7) is 0. The molecule has 110 valence electrons. The maximum absolute atomic E-state index is 6.26. The molecule has 0 fully saturated rings. The third-order valence-corrected chi connectivity index (χ3v) is 3.23. The molecular formula is C18H18N4. The summed E-state index contributed by atoms with van der Waals surface area (Å²) in [5, 5.41) is 3.40. The molecule has 0 aliphatic rings. The van der Waals surface area contributed by atoms with Gasteiger partial charge in [-0.25, -0.2) is 10.9 Å². The minimum Gasteiger partial charge on any atom is -0.287 e. The Bertz CT molecular complexity index is 647. The summed E-state index contributed by atoms with van der Waals surface area (Å²) >= 11 is 0. The highest BCUT2D eigenvalue weighted by Gasteiger charge is 2.15. The Morgan fingerprint density at radius 1 is 0.591 bits per heavy atom. The van der Waals surface area contributed by atoms with Crippen molar-refractivity contribution >= 4 is 17.1 Å². The Morgan fingerprint density at radius 3 is 1.45 bits per heavy atom. The zero-order valence-corrected chi connectivity index (χ0v) is 12.1. The highest BCUT2D eigenvalue weighted by Crippen LogP contribution is 2.25. The summed E-state index contributed by atoms with van der Waals surface area (Å²) in [7, 11) is 0. The highest BCUT2D eigenvalue weighted by atomic mass is 15.9. The second kappa shape index (κ2) is 6.76. The molecule has 0 atom stereocenters. The lowest BCUT2D eigenvalue weighted by molar-refractivity contribution is 0.350. The van der Waals surface area contributed by atoms with E-state index in [1.807, 2.05) is 96.0 Å². The van der Waals surface area contributed by atoms with Crippen LogP contribution in [0.15, 0.2) is 91.0 Å². The van der Waals surface area contributed by atoms with Crippen molar-refractivity contribution in [2.45, 2.75) is 0 Å². The monoisotopic (exact) mass is 290 g/mol. The van der Waals surface area contributed by atoms with Crippen LogP contribution in [0.3, 0.4) is 0 Å². The predicted octanol–water partition coefficient (Wildman–Crippen LogP) is 3.94. The molecule has 0 aromatic heterocycles. The van der Waals surface area contributed by atoms with Crippen LogP contribution in [0.1, 0.15) is 0 Å². The van der Waals surface area contributed by atoms with Crippen LogP contribution in [0.5, 0.6) is 0 Å². The molecule has 0 unspecified atom stereocenters. The SMILES string of the molecule is NN(Nc1ccccc1)N(c1ccccc1)c1ccccc1. The van der Waals surface area contributed by atoms with E-state index in [4.69, 9.17) is 5.84 Å². The fraction of sp³-hybridized carbons (Fsp3) is 0. The Morgan fingerprint density at radius 2 is 1.00 bits per heavy atom. The molecule has 3 N–H and O–H groups in total. The minimum atomic E-state index is 0.918. The maximum atomic E-state index is 6.26. The second-order valence-corrected chi connectivity index (χ2v) is 4.81. The van der Waals surface area contributed by atoms with Crippen LogP contribution in [-0.4, -0.2) is 5.23 Å². The number of nitrogens with one attached hydrogen (secondary N) is 1. The number of hydrogen-bond acceptors (Lipinski definition) is 4. The minimum absolute atomic E-state index is 0.918. The van der Waals surface area contributed by atoms with Crippen molar-refractivity contribution in [1.29, 1.82) is 0 Å². The molecule has 4 nitrogen and oxygen atoms in total. The summed E-state index contributed by atoms with van der Waals surface area (Å²) < 4.78 is 0. The van der Waals surface area contributed by atoms with Crippen LogP contribution < -0.4 is 16.3 Å². The molecule has 3 rings (SSSR count). The van der Waals surface area contributed by atoms with E-state index in [1.165, 1.54) is 5.23 Å².